The first kappa shape index (κ1) is 18.9. The van der Waals surface area contributed by atoms with Crippen molar-refractivity contribution in [3.63, 3.8) is 0 Å². The normalized spacial score (nSPS) is 12.7. The Bertz CT molecular complexity index is 418. The summed E-state index contributed by atoms with van der Waals surface area (Å²) in [5, 5.41) is 2.36. The molecule has 0 aliphatic rings. The molecule has 0 saturated heterocycles. The number of esters is 2. The second-order valence-electron chi connectivity index (χ2n) is 4.23. The first-order valence-electron chi connectivity index (χ1n) is 6.35. The number of hydrogen-bond donors (Lipinski definition) is 1. The second-order valence-corrected chi connectivity index (χ2v) is 4.23. The molecule has 7 heteroatoms. The third kappa shape index (κ3) is 8.59. The fraction of sp³-hybridized carbons (Fsp3) is 0.500. The minimum Gasteiger partial charge on any atom is -0.460 e. The van der Waals surface area contributed by atoms with E-state index < -0.39 is 30.2 Å². The molecule has 7 nitrogen and oxygen atoms in total. The Kier molecular flexibility index (Phi) is 8.71. The van der Waals surface area contributed by atoms with Crippen LogP contribution in [0.3, 0.4) is 0 Å². The Morgan fingerprint density at radius 2 is 1.86 bits per heavy atom. The zero-order valence-electron chi connectivity index (χ0n) is 12.5. The molecule has 0 rings (SSSR count). The summed E-state index contributed by atoms with van der Waals surface area (Å²) < 4.78 is 14.9. The summed E-state index contributed by atoms with van der Waals surface area (Å²) in [5.41, 5.74) is 0.293. The van der Waals surface area contributed by atoms with Crippen molar-refractivity contribution in [2.75, 3.05) is 13.2 Å². The molecular weight excluding hydrogens is 278 g/mol. The average Bonchev–Trinajstić information content (AvgIpc) is 2.42. The third-order valence-electron chi connectivity index (χ3n) is 2.20. The Hall–Kier alpha value is -2.15. The van der Waals surface area contributed by atoms with Gasteiger partial charge in [0.05, 0.1) is 6.61 Å². The van der Waals surface area contributed by atoms with E-state index in [9.17, 15) is 14.4 Å². The van der Waals surface area contributed by atoms with Crippen molar-refractivity contribution in [2.45, 2.75) is 33.1 Å². The maximum atomic E-state index is 11.6. The van der Waals surface area contributed by atoms with Crippen LogP contribution in [-0.2, 0) is 28.6 Å². The molecule has 0 aromatic heterocycles. The summed E-state index contributed by atoms with van der Waals surface area (Å²) in [6.45, 7) is 11.3. The standard InChI is InChI=1S/C14H21NO6/c1-6-12(16)15-10(4)14(18)21-11(5)19-7-8-20-13(17)9(2)3/h6,10-11H,1-2,7-8H2,3-5H3,(H,15,16)/t10-,11?/m0/s1. The predicted octanol–water partition coefficient (Wildman–Crippen LogP) is 0.702. The largest absolute Gasteiger partial charge is 0.460 e. The topological polar surface area (TPSA) is 90.9 Å². The third-order valence-corrected chi connectivity index (χ3v) is 2.20. The zero-order chi connectivity index (χ0) is 16.4. The number of hydrogen-bond acceptors (Lipinski definition) is 6. The quantitative estimate of drug-likeness (QED) is 0.292. The lowest BCUT2D eigenvalue weighted by Gasteiger charge is -2.17. The highest BCUT2D eigenvalue weighted by Gasteiger charge is 2.18. The predicted molar refractivity (Wildman–Crippen MR) is 75.1 cm³/mol. The summed E-state index contributed by atoms with van der Waals surface area (Å²) in [6, 6.07) is -0.817. The van der Waals surface area contributed by atoms with Gasteiger partial charge in [-0.15, -0.1) is 0 Å². The van der Waals surface area contributed by atoms with E-state index in [-0.39, 0.29) is 13.2 Å². The SMILES string of the molecule is C=CC(=O)N[C@@H](C)C(=O)OC(C)OCCOC(=O)C(=C)C. The van der Waals surface area contributed by atoms with Crippen LogP contribution in [0.15, 0.2) is 24.8 Å². The number of carbonyl (C=O) groups excluding carboxylic acids is 3. The van der Waals surface area contributed by atoms with Crippen molar-refractivity contribution in [1.29, 1.82) is 0 Å². The Labute approximate surface area is 123 Å². The van der Waals surface area contributed by atoms with Gasteiger partial charge in [-0.25, -0.2) is 9.59 Å². The highest BCUT2D eigenvalue weighted by atomic mass is 16.7. The molecule has 0 aromatic rings. The molecule has 0 radical (unpaired) electrons. The van der Waals surface area contributed by atoms with Gasteiger partial charge in [-0.05, 0) is 26.8 Å². The molecule has 0 saturated carbocycles. The van der Waals surface area contributed by atoms with Crippen molar-refractivity contribution >= 4 is 17.8 Å². The summed E-state index contributed by atoms with van der Waals surface area (Å²) in [6.07, 6.45) is 0.226. The van der Waals surface area contributed by atoms with Crippen LogP contribution in [0.4, 0.5) is 0 Å². The number of ether oxygens (including phenoxy) is 3. The summed E-state index contributed by atoms with van der Waals surface area (Å²) >= 11 is 0. The molecule has 0 aromatic carbocycles. The lowest BCUT2D eigenvalue weighted by molar-refractivity contribution is -0.180. The zero-order valence-corrected chi connectivity index (χ0v) is 12.5. The van der Waals surface area contributed by atoms with Gasteiger partial charge in [-0.2, -0.15) is 0 Å². The van der Waals surface area contributed by atoms with Gasteiger partial charge < -0.3 is 19.5 Å². The molecule has 0 aliphatic heterocycles. The Morgan fingerprint density at radius 3 is 2.38 bits per heavy atom. The number of rotatable bonds is 9. The van der Waals surface area contributed by atoms with E-state index in [1.807, 2.05) is 0 Å². The maximum absolute atomic E-state index is 11.6. The van der Waals surface area contributed by atoms with Crippen LogP contribution in [0, 0.1) is 0 Å². The molecule has 118 valence electrons. The van der Waals surface area contributed by atoms with Gasteiger partial charge in [0.1, 0.15) is 12.6 Å². The molecule has 0 spiro atoms. The molecule has 0 aliphatic carbocycles. The smallest absolute Gasteiger partial charge is 0.333 e. The minimum absolute atomic E-state index is 0.0241. The van der Waals surface area contributed by atoms with Crippen LogP contribution in [0.5, 0.6) is 0 Å². The highest BCUT2D eigenvalue weighted by molar-refractivity contribution is 5.90. The molecule has 0 fully saturated rings. The first-order valence-corrected chi connectivity index (χ1v) is 6.35. The van der Waals surface area contributed by atoms with E-state index in [4.69, 9.17) is 14.2 Å². The highest BCUT2D eigenvalue weighted by Crippen LogP contribution is 1.99. The van der Waals surface area contributed by atoms with Gasteiger partial charge in [0, 0.05) is 5.57 Å². The average molecular weight is 299 g/mol. The fourth-order valence-corrected chi connectivity index (χ4v) is 1.10. The minimum atomic E-state index is -0.830. The molecule has 0 heterocycles. The Morgan fingerprint density at radius 1 is 1.24 bits per heavy atom. The van der Waals surface area contributed by atoms with E-state index in [2.05, 4.69) is 18.5 Å². The van der Waals surface area contributed by atoms with Crippen molar-refractivity contribution in [1.82, 2.24) is 5.32 Å². The van der Waals surface area contributed by atoms with Crippen molar-refractivity contribution < 1.29 is 28.6 Å². The number of amides is 1. The van der Waals surface area contributed by atoms with E-state index in [0.717, 1.165) is 6.08 Å². The number of nitrogens with one attached hydrogen (secondary N) is 1. The van der Waals surface area contributed by atoms with Crippen molar-refractivity contribution in [2.24, 2.45) is 0 Å². The van der Waals surface area contributed by atoms with Gasteiger partial charge >= 0.3 is 11.9 Å². The molecule has 1 unspecified atom stereocenters. The first-order chi connectivity index (χ1) is 9.77. The van der Waals surface area contributed by atoms with Crippen LogP contribution in [-0.4, -0.2) is 43.4 Å². The van der Waals surface area contributed by atoms with Gasteiger partial charge in [0.15, 0.2) is 6.29 Å². The molecule has 0 bridgehead atoms. The lowest BCUT2D eigenvalue weighted by atomic mass is 10.3. The van der Waals surface area contributed by atoms with Gasteiger partial charge in [0.2, 0.25) is 5.91 Å². The summed E-state index contributed by atoms with van der Waals surface area (Å²) in [4.78, 5) is 33.7. The van der Waals surface area contributed by atoms with E-state index in [1.54, 1.807) is 0 Å². The monoisotopic (exact) mass is 299 g/mol. The van der Waals surface area contributed by atoms with Crippen LogP contribution in [0.25, 0.3) is 0 Å². The van der Waals surface area contributed by atoms with Crippen LogP contribution >= 0.6 is 0 Å². The molecule has 1 N–H and O–H groups in total. The van der Waals surface area contributed by atoms with Gasteiger partial charge in [-0.1, -0.05) is 13.2 Å². The van der Waals surface area contributed by atoms with E-state index >= 15 is 0 Å². The lowest BCUT2D eigenvalue weighted by Crippen LogP contribution is -2.40. The number of carbonyl (C=O) groups is 3. The van der Waals surface area contributed by atoms with Crippen molar-refractivity contribution in [3.05, 3.63) is 24.8 Å². The van der Waals surface area contributed by atoms with Crippen LogP contribution in [0.2, 0.25) is 0 Å². The fourth-order valence-electron chi connectivity index (χ4n) is 1.10. The molecule has 1 amide bonds. The second kappa shape index (κ2) is 9.71. The molecule has 21 heavy (non-hydrogen) atoms. The van der Waals surface area contributed by atoms with E-state index in [1.165, 1.54) is 20.8 Å². The van der Waals surface area contributed by atoms with Gasteiger partial charge in [0.25, 0.3) is 0 Å². The van der Waals surface area contributed by atoms with Crippen LogP contribution < -0.4 is 5.32 Å². The Balaban J connectivity index is 3.92. The van der Waals surface area contributed by atoms with Crippen LogP contribution in [0.1, 0.15) is 20.8 Å². The van der Waals surface area contributed by atoms with Crippen molar-refractivity contribution in [3.8, 4) is 0 Å². The summed E-state index contributed by atoms with van der Waals surface area (Å²) in [5.74, 6) is -1.62. The maximum Gasteiger partial charge on any atom is 0.333 e. The molecular formula is C14H21NO6. The van der Waals surface area contributed by atoms with E-state index in [0.29, 0.717) is 5.57 Å². The molecule has 2 atom stereocenters. The summed E-state index contributed by atoms with van der Waals surface area (Å²) in [7, 11) is 0. The van der Waals surface area contributed by atoms with Gasteiger partial charge in [-0.3, -0.25) is 4.79 Å².